The van der Waals surface area contributed by atoms with E-state index in [0.717, 1.165) is 6.42 Å². The van der Waals surface area contributed by atoms with Crippen molar-refractivity contribution >= 4 is 0 Å². The smallest absolute Gasteiger partial charge is 0.0104 e. The van der Waals surface area contributed by atoms with Crippen LogP contribution in [0.3, 0.4) is 0 Å². The van der Waals surface area contributed by atoms with Gasteiger partial charge in [0, 0.05) is 0 Å². The molecule has 0 heteroatoms. The van der Waals surface area contributed by atoms with Crippen molar-refractivity contribution in [2.75, 3.05) is 0 Å². The van der Waals surface area contributed by atoms with Gasteiger partial charge in [0.25, 0.3) is 0 Å². The molecule has 0 aromatic heterocycles. The molecule has 0 saturated heterocycles. The molecule has 1 radical (unpaired) electrons. The lowest BCUT2D eigenvalue weighted by Gasteiger charge is -2.23. The van der Waals surface area contributed by atoms with Gasteiger partial charge in [0.15, 0.2) is 0 Å². The molecule has 0 saturated carbocycles. The van der Waals surface area contributed by atoms with Gasteiger partial charge in [0.2, 0.25) is 0 Å². The standard InChI is InChI=1S/C15H25/c1-7-8-12-15(5,6)14(4)11-9-10-13(2)3/h7-10,13H,12H2,1-6H3. The third kappa shape index (κ3) is 6.33. The maximum absolute atomic E-state index is 3.37. The topological polar surface area (TPSA) is 0 Å². The normalized spacial score (nSPS) is 14.7. The summed E-state index contributed by atoms with van der Waals surface area (Å²) in [4.78, 5) is 0. The van der Waals surface area contributed by atoms with Crippen molar-refractivity contribution in [2.45, 2.75) is 48.0 Å². The third-order valence-corrected chi connectivity index (χ3v) is 2.66. The fourth-order valence-electron chi connectivity index (χ4n) is 1.13. The Bertz CT molecular complexity index is 249. The first-order valence-corrected chi connectivity index (χ1v) is 5.78. The summed E-state index contributed by atoms with van der Waals surface area (Å²) in [6.07, 6.45) is 13.0. The molecule has 0 aliphatic carbocycles. The highest BCUT2D eigenvalue weighted by Gasteiger charge is 2.17. The van der Waals surface area contributed by atoms with Gasteiger partial charge >= 0.3 is 0 Å². The summed E-state index contributed by atoms with van der Waals surface area (Å²) in [5.41, 5.74) is 1.53. The van der Waals surface area contributed by atoms with E-state index in [9.17, 15) is 0 Å². The van der Waals surface area contributed by atoms with Gasteiger partial charge in [0.05, 0.1) is 0 Å². The van der Waals surface area contributed by atoms with Crippen LogP contribution in [0.25, 0.3) is 0 Å². The lowest BCUT2D eigenvalue weighted by atomic mass is 9.81. The minimum absolute atomic E-state index is 0.216. The summed E-state index contributed by atoms with van der Waals surface area (Å²) in [6.45, 7) is 13.1. The Morgan fingerprint density at radius 1 is 1.33 bits per heavy atom. The number of hydrogen-bond donors (Lipinski definition) is 0. The van der Waals surface area contributed by atoms with Gasteiger partial charge in [-0.3, -0.25) is 0 Å². The average Bonchev–Trinajstić information content (AvgIpc) is 2.14. The van der Waals surface area contributed by atoms with Crippen LogP contribution in [0.2, 0.25) is 0 Å². The van der Waals surface area contributed by atoms with Crippen molar-refractivity contribution in [2.24, 2.45) is 11.3 Å². The highest BCUT2D eigenvalue weighted by atomic mass is 14.2. The van der Waals surface area contributed by atoms with E-state index in [2.05, 4.69) is 71.9 Å². The summed E-state index contributed by atoms with van der Waals surface area (Å²) >= 11 is 0. The SMILES string of the molecule is CC=CCC(C)(C)/C(C)=[C]/C=CC(C)C. The Balaban J connectivity index is 4.46. The largest absolute Gasteiger partial charge is 0.0916 e. The van der Waals surface area contributed by atoms with Crippen LogP contribution in [0.4, 0.5) is 0 Å². The first-order chi connectivity index (χ1) is 6.90. The van der Waals surface area contributed by atoms with Crippen molar-refractivity contribution in [1.29, 1.82) is 0 Å². The first kappa shape index (κ1) is 14.2. The molecule has 0 unspecified atom stereocenters. The van der Waals surface area contributed by atoms with Crippen molar-refractivity contribution in [1.82, 2.24) is 0 Å². The molecule has 0 nitrogen and oxygen atoms in total. The van der Waals surface area contributed by atoms with Gasteiger partial charge in [0.1, 0.15) is 0 Å². The lowest BCUT2D eigenvalue weighted by molar-refractivity contribution is 0.451. The molecule has 0 atom stereocenters. The second-order valence-electron chi connectivity index (χ2n) is 5.03. The number of rotatable bonds is 5. The first-order valence-electron chi connectivity index (χ1n) is 5.78. The molecule has 0 aromatic rings. The van der Waals surface area contributed by atoms with Gasteiger partial charge in [-0.2, -0.15) is 0 Å². The van der Waals surface area contributed by atoms with Gasteiger partial charge in [-0.25, -0.2) is 0 Å². The van der Waals surface area contributed by atoms with Crippen molar-refractivity contribution in [3.63, 3.8) is 0 Å². The second kappa shape index (κ2) is 6.66. The Kier molecular flexibility index (Phi) is 6.31. The molecule has 0 aliphatic rings. The summed E-state index contributed by atoms with van der Waals surface area (Å²) in [7, 11) is 0. The van der Waals surface area contributed by atoms with Gasteiger partial charge < -0.3 is 0 Å². The Labute approximate surface area is 95.8 Å². The molecular formula is C15H25. The zero-order chi connectivity index (χ0) is 11.9. The van der Waals surface area contributed by atoms with Crippen LogP contribution < -0.4 is 0 Å². The molecule has 0 aromatic carbocycles. The summed E-state index contributed by atoms with van der Waals surface area (Å²) < 4.78 is 0. The minimum atomic E-state index is 0.216. The van der Waals surface area contributed by atoms with E-state index < -0.39 is 0 Å². The van der Waals surface area contributed by atoms with E-state index in [1.54, 1.807) is 0 Å². The molecule has 0 bridgehead atoms. The molecule has 0 spiro atoms. The second-order valence-corrected chi connectivity index (χ2v) is 5.03. The fourth-order valence-corrected chi connectivity index (χ4v) is 1.13. The van der Waals surface area contributed by atoms with Gasteiger partial charge in [-0.05, 0) is 37.7 Å². The van der Waals surface area contributed by atoms with Crippen LogP contribution in [0.15, 0.2) is 29.9 Å². The van der Waals surface area contributed by atoms with E-state index in [4.69, 9.17) is 0 Å². The van der Waals surface area contributed by atoms with Crippen molar-refractivity contribution in [3.8, 4) is 0 Å². The van der Waals surface area contributed by atoms with Crippen LogP contribution in [0.5, 0.6) is 0 Å². The average molecular weight is 205 g/mol. The highest BCUT2D eigenvalue weighted by molar-refractivity contribution is 5.13. The van der Waals surface area contributed by atoms with Gasteiger partial charge in [-0.1, -0.05) is 57.6 Å². The Morgan fingerprint density at radius 2 is 1.93 bits per heavy atom. The molecule has 0 fully saturated rings. The van der Waals surface area contributed by atoms with E-state index in [1.807, 2.05) is 0 Å². The number of allylic oxidation sites excluding steroid dienone is 6. The fraction of sp³-hybridized carbons (Fsp3) is 0.600. The van der Waals surface area contributed by atoms with E-state index in [-0.39, 0.29) is 5.41 Å². The molecule has 0 N–H and O–H groups in total. The summed E-state index contributed by atoms with van der Waals surface area (Å²) in [5, 5.41) is 0. The van der Waals surface area contributed by atoms with E-state index in [1.165, 1.54) is 5.57 Å². The molecule has 0 amide bonds. The highest BCUT2D eigenvalue weighted by Crippen LogP contribution is 2.30. The minimum Gasteiger partial charge on any atom is -0.0916 e. The van der Waals surface area contributed by atoms with Crippen LogP contribution >= 0.6 is 0 Å². The Hall–Kier alpha value is -0.780. The molecule has 85 valence electrons. The van der Waals surface area contributed by atoms with Crippen molar-refractivity contribution in [3.05, 3.63) is 36.0 Å². The third-order valence-electron chi connectivity index (χ3n) is 2.66. The maximum atomic E-state index is 3.37. The van der Waals surface area contributed by atoms with E-state index in [0.29, 0.717) is 5.92 Å². The lowest BCUT2D eigenvalue weighted by Crippen LogP contribution is -2.11. The van der Waals surface area contributed by atoms with Crippen LogP contribution in [0, 0.1) is 17.4 Å². The zero-order valence-electron chi connectivity index (χ0n) is 11.1. The Morgan fingerprint density at radius 3 is 2.40 bits per heavy atom. The summed E-state index contributed by atoms with van der Waals surface area (Å²) in [5.74, 6) is 0.601. The summed E-state index contributed by atoms with van der Waals surface area (Å²) in [6, 6.07) is 0. The van der Waals surface area contributed by atoms with Crippen LogP contribution in [-0.4, -0.2) is 0 Å². The zero-order valence-corrected chi connectivity index (χ0v) is 11.1. The molecular weight excluding hydrogens is 180 g/mol. The monoisotopic (exact) mass is 205 g/mol. The number of hydrogen-bond acceptors (Lipinski definition) is 0. The predicted octanol–water partition coefficient (Wildman–Crippen LogP) is 4.94. The van der Waals surface area contributed by atoms with Crippen LogP contribution in [0.1, 0.15) is 48.0 Å². The maximum Gasteiger partial charge on any atom is -0.0104 e. The van der Waals surface area contributed by atoms with Crippen molar-refractivity contribution < 1.29 is 0 Å². The molecule has 0 heterocycles. The quantitative estimate of drug-likeness (QED) is 0.440. The van der Waals surface area contributed by atoms with Gasteiger partial charge in [-0.15, -0.1) is 0 Å². The van der Waals surface area contributed by atoms with E-state index >= 15 is 0 Å². The predicted molar refractivity (Wildman–Crippen MR) is 69.6 cm³/mol. The molecule has 0 rings (SSSR count). The molecule has 15 heavy (non-hydrogen) atoms. The molecule has 0 aliphatic heterocycles. The van der Waals surface area contributed by atoms with Crippen LogP contribution in [-0.2, 0) is 0 Å².